The van der Waals surface area contributed by atoms with E-state index in [1.54, 1.807) is 30.1 Å². The van der Waals surface area contributed by atoms with Gasteiger partial charge in [-0.2, -0.15) is 18.4 Å². The van der Waals surface area contributed by atoms with Gasteiger partial charge in [-0.15, -0.1) is 0 Å². The normalized spacial score (nSPS) is 13.2. The molecule has 0 atom stereocenters. The summed E-state index contributed by atoms with van der Waals surface area (Å²) < 4.78 is 39.5. The molecule has 0 N–H and O–H groups in total. The van der Waals surface area contributed by atoms with Gasteiger partial charge in [-0.1, -0.05) is 54.1 Å². The molecule has 0 unspecified atom stereocenters. The van der Waals surface area contributed by atoms with Crippen LogP contribution in [0.25, 0.3) is 0 Å². The van der Waals surface area contributed by atoms with Crippen molar-refractivity contribution in [2.75, 3.05) is 18.5 Å². The monoisotopic (exact) mass is 511 g/mol. The molecule has 0 bridgehead atoms. The van der Waals surface area contributed by atoms with Crippen LogP contribution in [0, 0.1) is 11.5 Å². The maximum atomic E-state index is 13.7. The SMILES string of the molecule is CN(C#N)c1ccc(Cl)cc1C(=O)N(CCc1cccc(C(F)(F)F)c1)Cc1ccc(C2CC2)cc1. The van der Waals surface area contributed by atoms with Crippen LogP contribution in [0.15, 0.2) is 66.7 Å². The molecule has 0 aliphatic heterocycles. The maximum absolute atomic E-state index is 13.7. The molecular weight excluding hydrogens is 487 g/mol. The molecule has 186 valence electrons. The van der Waals surface area contributed by atoms with Crippen LogP contribution in [-0.4, -0.2) is 24.4 Å². The topological polar surface area (TPSA) is 47.3 Å². The molecule has 1 saturated carbocycles. The van der Waals surface area contributed by atoms with E-state index in [4.69, 9.17) is 11.6 Å². The Balaban J connectivity index is 1.62. The second-order valence-corrected chi connectivity index (χ2v) is 9.45. The summed E-state index contributed by atoms with van der Waals surface area (Å²) in [4.78, 5) is 16.6. The lowest BCUT2D eigenvalue weighted by atomic mass is 10.0. The first-order valence-electron chi connectivity index (χ1n) is 11.6. The molecule has 0 aromatic heterocycles. The summed E-state index contributed by atoms with van der Waals surface area (Å²) in [7, 11) is 1.55. The van der Waals surface area contributed by atoms with Crippen molar-refractivity contribution in [2.45, 2.75) is 37.9 Å². The van der Waals surface area contributed by atoms with E-state index in [9.17, 15) is 23.2 Å². The van der Waals surface area contributed by atoms with Gasteiger partial charge in [0.2, 0.25) is 0 Å². The van der Waals surface area contributed by atoms with E-state index in [2.05, 4.69) is 12.1 Å². The first-order valence-corrected chi connectivity index (χ1v) is 12.0. The van der Waals surface area contributed by atoms with Crippen LogP contribution in [0.1, 0.15) is 51.4 Å². The van der Waals surface area contributed by atoms with E-state index in [0.29, 0.717) is 22.2 Å². The second kappa shape index (κ2) is 10.6. The summed E-state index contributed by atoms with van der Waals surface area (Å²) in [5, 5.41) is 9.73. The Labute approximate surface area is 213 Å². The molecule has 0 radical (unpaired) electrons. The largest absolute Gasteiger partial charge is 0.416 e. The average Bonchev–Trinajstić information content (AvgIpc) is 3.71. The minimum absolute atomic E-state index is 0.187. The molecule has 4 nitrogen and oxygen atoms in total. The first kappa shape index (κ1) is 25.6. The number of anilines is 1. The predicted octanol–water partition coefficient (Wildman–Crippen LogP) is 7.04. The van der Waals surface area contributed by atoms with Gasteiger partial charge >= 0.3 is 6.18 Å². The molecule has 3 aromatic carbocycles. The van der Waals surface area contributed by atoms with E-state index >= 15 is 0 Å². The average molecular weight is 512 g/mol. The van der Waals surface area contributed by atoms with Crippen LogP contribution in [0.5, 0.6) is 0 Å². The number of hydrogen-bond acceptors (Lipinski definition) is 3. The summed E-state index contributed by atoms with van der Waals surface area (Å²) in [5.41, 5.74) is 2.60. The maximum Gasteiger partial charge on any atom is 0.416 e. The zero-order valence-electron chi connectivity index (χ0n) is 19.7. The molecule has 3 aromatic rings. The van der Waals surface area contributed by atoms with Gasteiger partial charge in [0.05, 0.1) is 16.8 Å². The standard InChI is InChI=1S/C28H25ClF3N3O/c1-34(18-33)26-12-11-24(29)16-25(26)27(36)35(17-20-5-7-21(8-6-20)22-9-10-22)14-13-19-3-2-4-23(15-19)28(30,31)32/h2-8,11-12,15-16,22H,9-10,13-14,17H2,1H3. The van der Waals surface area contributed by atoms with E-state index in [1.165, 1.54) is 35.4 Å². The quantitative estimate of drug-likeness (QED) is 0.241. The molecule has 0 heterocycles. The Kier molecular flexibility index (Phi) is 7.56. The van der Waals surface area contributed by atoms with Crippen molar-refractivity contribution < 1.29 is 18.0 Å². The van der Waals surface area contributed by atoms with Crippen molar-refractivity contribution in [1.29, 1.82) is 5.26 Å². The molecule has 4 rings (SSSR count). The highest BCUT2D eigenvalue weighted by Gasteiger charge is 2.30. The molecule has 36 heavy (non-hydrogen) atoms. The number of nitriles is 1. The zero-order valence-corrected chi connectivity index (χ0v) is 20.5. The number of nitrogens with zero attached hydrogens (tertiary/aromatic N) is 3. The highest BCUT2D eigenvalue weighted by atomic mass is 35.5. The number of halogens is 4. The fourth-order valence-electron chi connectivity index (χ4n) is 4.15. The van der Waals surface area contributed by atoms with Crippen molar-refractivity contribution in [3.8, 4) is 6.19 Å². The predicted molar refractivity (Wildman–Crippen MR) is 134 cm³/mol. The Morgan fingerprint density at radius 3 is 2.42 bits per heavy atom. The van der Waals surface area contributed by atoms with Crippen LogP contribution in [0.2, 0.25) is 5.02 Å². The number of carbonyl (C=O) groups excluding carboxylic acids is 1. The van der Waals surface area contributed by atoms with Gasteiger partial charge in [0.25, 0.3) is 5.91 Å². The number of carbonyl (C=O) groups is 1. The molecule has 1 amide bonds. The van der Waals surface area contributed by atoms with Crippen LogP contribution >= 0.6 is 11.6 Å². The minimum atomic E-state index is -4.44. The first-order chi connectivity index (χ1) is 17.2. The Bertz CT molecular complexity index is 1280. The molecule has 0 spiro atoms. The highest BCUT2D eigenvalue weighted by Crippen LogP contribution is 2.40. The Hall–Kier alpha value is -3.50. The van der Waals surface area contributed by atoms with Gasteiger partial charge in [-0.3, -0.25) is 9.69 Å². The number of benzene rings is 3. The number of hydrogen-bond donors (Lipinski definition) is 0. The number of amides is 1. The van der Waals surface area contributed by atoms with Crippen molar-refractivity contribution in [2.24, 2.45) is 0 Å². The lowest BCUT2D eigenvalue weighted by molar-refractivity contribution is -0.137. The van der Waals surface area contributed by atoms with Crippen molar-refractivity contribution >= 4 is 23.2 Å². The fourth-order valence-corrected chi connectivity index (χ4v) is 4.32. The highest BCUT2D eigenvalue weighted by molar-refractivity contribution is 6.31. The van der Waals surface area contributed by atoms with Gasteiger partial charge in [0.15, 0.2) is 6.19 Å². The van der Waals surface area contributed by atoms with E-state index in [0.717, 1.165) is 17.7 Å². The number of alkyl halides is 3. The minimum Gasteiger partial charge on any atom is -0.334 e. The third-order valence-corrected chi connectivity index (χ3v) is 6.55. The fraction of sp³-hybridized carbons (Fsp3) is 0.286. The van der Waals surface area contributed by atoms with Gasteiger partial charge in [0.1, 0.15) is 0 Å². The summed E-state index contributed by atoms with van der Waals surface area (Å²) in [6, 6.07) is 18.0. The zero-order chi connectivity index (χ0) is 25.9. The van der Waals surface area contributed by atoms with Crippen molar-refractivity contribution in [3.63, 3.8) is 0 Å². The van der Waals surface area contributed by atoms with Crippen LogP contribution < -0.4 is 4.90 Å². The Morgan fingerprint density at radius 2 is 1.78 bits per heavy atom. The molecule has 1 aliphatic rings. The molecule has 8 heteroatoms. The lowest BCUT2D eigenvalue weighted by Crippen LogP contribution is -2.33. The van der Waals surface area contributed by atoms with E-state index in [-0.39, 0.29) is 31.0 Å². The summed E-state index contributed by atoms with van der Waals surface area (Å²) in [5.74, 6) is 0.251. The molecule has 1 aliphatic carbocycles. The summed E-state index contributed by atoms with van der Waals surface area (Å²) in [6.07, 6.45) is 0.167. The third-order valence-electron chi connectivity index (χ3n) is 6.31. The van der Waals surface area contributed by atoms with Crippen LogP contribution in [0.4, 0.5) is 18.9 Å². The van der Waals surface area contributed by atoms with Gasteiger partial charge in [0, 0.05) is 25.2 Å². The molecular formula is C28H25ClF3N3O. The lowest BCUT2D eigenvalue weighted by Gasteiger charge is -2.25. The summed E-state index contributed by atoms with van der Waals surface area (Å²) >= 11 is 6.18. The van der Waals surface area contributed by atoms with Gasteiger partial charge < -0.3 is 4.90 Å². The van der Waals surface area contributed by atoms with Gasteiger partial charge in [-0.25, -0.2) is 0 Å². The van der Waals surface area contributed by atoms with Crippen molar-refractivity contribution in [3.05, 3.63) is 99.6 Å². The Morgan fingerprint density at radius 1 is 1.06 bits per heavy atom. The van der Waals surface area contributed by atoms with Gasteiger partial charge in [-0.05, 0) is 66.1 Å². The van der Waals surface area contributed by atoms with E-state index < -0.39 is 11.7 Å². The van der Waals surface area contributed by atoms with Crippen LogP contribution in [-0.2, 0) is 19.1 Å². The number of rotatable bonds is 8. The van der Waals surface area contributed by atoms with E-state index in [1.807, 2.05) is 18.3 Å². The van der Waals surface area contributed by atoms with Crippen molar-refractivity contribution in [1.82, 2.24) is 4.90 Å². The molecule has 0 saturated heterocycles. The molecule has 1 fully saturated rings. The summed E-state index contributed by atoms with van der Waals surface area (Å²) in [6.45, 7) is 0.456. The van der Waals surface area contributed by atoms with Crippen LogP contribution in [0.3, 0.4) is 0 Å². The third kappa shape index (κ3) is 6.19. The smallest absolute Gasteiger partial charge is 0.334 e. The second-order valence-electron chi connectivity index (χ2n) is 9.01.